The first kappa shape index (κ1) is 23.5. The molecule has 2 unspecified atom stereocenters. The topological polar surface area (TPSA) is 93.1 Å². The number of benzene rings is 1. The number of nitrogens with one attached hydrogen (secondary N) is 2. The average Bonchev–Trinajstić information content (AvgIpc) is 3.16. The van der Waals surface area contributed by atoms with E-state index in [9.17, 15) is 14.4 Å². The Morgan fingerprint density at radius 2 is 2.06 bits per heavy atom. The average molecular weight is 485 g/mol. The third kappa shape index (κ3) is 5.14. The van der Waals surface area contributed by atoms with Gasteiger partial charge in [0.15, 0.2) is 5.16 Å². The quantitative estimate of drug-likeness (QED) is 0.411. The molecular formula is C24H28N4O3S2. The summed E-state index contributed by atoms with van der Waals surface area (Å²) in [6.07, 6.45) is 3.65. The van der Waals surface area contributed by atoms with Crippen LogP contribution in [0, 0.1) is 5.92 Å². The van der Waals surface area contributed by atoms with Crippen molar-refractivity contribution in [3.63, 3.8) is 0 Å². The number of urea groups is 1. The summed E-state index contributed by atoms with van der Waals surface area (Å²) in [5.74, 6) is 0.177. The molecular weight excluding hydrogens is 456 g/mol. The molecule has 2 N–H and O–H groups in total. The molecule has 7 nitrogen and oxygen atoms in total. The van der Waals surface area contributed by atoms with Crippen LogP contribution < -0.4 is 16.2 Å². The first-order valence-corrected chi connectivity index (χ1v) is 12.8. The van der Waals surface area contributed by atoms with Gasteiger partial charge in [-0.1, -0.05) is 49.0 Å². The van der Waals surface area contributed by atoms with E-state index in [-0.39, 0.29) is 5.56 Å². The summed E-state index contributed by atoms with van der Waals surface area (Å²) in [6, 6.07) is 9.45. The van der Waals surface area contributed by atoms with Crippen molar-refractivity contribution in [1.82, 2.24) is 20.2 Å². The number of aromatic nitrogens is 2. The number of amides is 3. The molecule has 1 aliphatic carbocycles. The van der Waals surface area contributed by atoms with Gasteiger partial charge in [0, 0.05) is 18.5 Å². The van der Waals surface area contributed by atoms with Crippen LogP contribution in [0.1, 0.15) is 36.3 Å². The van der Waals surface area contributed by atoms with E-state index < -0.39 is 17.2 Å². The monoisotopic (exact) mass is 484 g/mol. The number of rotatable bonds is 6. The summed E-state index contributed by atoms with van der Waals surface area (Å²) in [4.78, 5) is 44.6. The molecule has 2 atom stereocenters. The molecule has 0 saturated heterocycles. The molecule has 174 valence electrons. The van der Waals surface area contributed by atoms with E-state index in [2.05, 4.69) is 17.6 Å². The fourth-order valence-electron chi connectivity index (χ4n) is 4.07. The number of thiophene rings is 1. The molecule has 0 spiro atoms. The van der Waals surface area contributed by atoms with Crippen LogP contribution in [0.4, 0.5) is 4.79 Å². The molecule has 2 heterocycles. The zero-order valence-corrected chi connectivity index (χ0v) is 20.6. The van der Waals surface area contributed by atoms with Crippen LogP contribution in [-0.2, 0) is 30.6 Å². The maximum Gasteiger partial charge on any atom is 0.321 e. The highest BCUT2D eigenvalue weighted by atomic mass is 32.2. The van der Waals surface area contributed by atoms with Crippen molar-refractivity contribution >= 4 is 45.3 Å². The number of hydrogen-bond donors (Lipinski definition) is 2. The molecule has 3 amide bonds. The van der Waals surface area contributed by atoms with E-state index in [0.717, 1.165) is 40.6 Å². The Morgan fingerprint density at radius 3 is 2.79 bits per heavy atom. The smallest absolute Gasteiger partial charge is 0.321 e. The van der Waals surface area contributed by atoms with E-state index in [4.69, 9.17) is 4.98 Å². The van der Waals surface area contributed by atoms with E-state index in [1.807, 2.05) is 30.3 Å². The second-order valence-electron chi connectivity index (χ2n) is 8.45. The normalized spacial score (nSPS) is 16.3. The predicted molar refractivity (Wildman–Crippen MR) is 133 cm³/mol. The maximum atomic E-state index is 13.7. The first-order chi connectivity index (χ1) is 15.9. The molecule has 33 heavy (non-hydrogen) atoms. The molecule has 0 saturated carbocycles. The molecule has 0 aliphatic heterocycles. The lowest BCUT2D eigenvalue weighted by atomic mass is 9.89. The van der Waals surface area contributed by atoms with E-state index in [1.165, 1.54) is 23.7 Å². The summed E-state index contributed by atoms with van der Waals surface area (Å²) in [7, 11) is 1.45. The highest BCUT2D eigenvalue weighted by Crippen LogP contribution is 2.37. The molecule has 0 fully saturated rings. The molecule has 3 aromatic rings. The van der Waals surface area contributed by atoms with Crippen LogP contribution in [0.25, 0.3) is 10.2 Å². The fourth-order valence-corrected chi connectivity index (χ4v) is 6.42. The van der Waals surface area contributed by atoms with Crippen LogP contribution in [0.3, 0.4) is 0 Å². The van der Waals surface area contributed by atoms with Crippen molar-refractivity contribution in [1.29, 1.82) is 0 Å². The lowest BCUT2D eigenvalue weighted by Crippen LogP contribution is -2.41. The van der Waals surface area contributed by atoms with Crippen molar-refractivity contribution in [2.75, 3.05) is 7.05 Å². The Bertz CT molecular complexity index is 1240. The Morgan fingerprint density at radius 1 is 1.30 bits per heavy atom. The van der Waals surface area contributed by atoms with Gasteiger partial charge in [0.2, 0.25) is 5.91 Å². The summed E-state index contributed by atoms with van der Waals surface area (Å²) in [6.45, 7) is 4.42. The zero-order valence-electron chi connectivity index (χ0n) is 19.0. The third-order valence-corrected chi connectivity index (χ3v) is 8.20. The second kappa shape index (κ2) is 10.1. The first-order valence-electron chi connectivity index (χ1n) is 11.2. The minimum absolute atomic E-state index is 0.0376. The molecule has 1 aliphatic rings. The van der Waals surface area contributed by atoms with Gasteiger partial charge >= 0.3 is 6.03 Å². The minimum atomic E-state index is -0.593. The van der Waals surface area contributed by atoms with Gasteiger partial charge in [-0.3, -0.25) is 19.5 Å². The predicted octanol–water partition coefficient (Wildman–Crippen LogP) is 3.76. The number of nitrogens with zero attached hydrogens (tertiary/aromatic N) is 2. The highest BCUT2D eigenvalue weighted by molar-refractivity contribution is 8.00. The van der Waals surface area contributed by atoms with E-state index >= 15 is 0 Å². The number of carbonyl (C=O) groups excluding carboxylic acids is 2. The van der Waals surface area contributed by atoms with Crippen molar-refractivity contribution in [3.8, 4) is 0 Å². The van der Waals surface area contributed by atoms with E-state index in [1.54, 1.807) is 22.8 Å². The van der Waals surface area contributed by atoms with Gasteiger partial charge < -0.3 is 5.32 Å². The summed E-state index contributed by atoms with van der Waals surface area (Å²) in [5.41, 5.74) is 2.25. The number of aryl methyl sites for hydroxylation is 2. The van der Waals surface area contributed by atoms with Crippen LogP contribution in [-0.4, -0.2) is 33.8 Å². The molecule has 2 aromatic heterocycles. The van der Waals surface area contributed by atoms with Gasteiger partial charge in [0.25, 0.3) is 5.56 Å². The molecule has 0 radical (unpaired) electrons. The van der Waals surface area contributed by atoms with Crippen LogP contribution in [0.15, 0.2) is 40.3 Å². The third-order valence-electron chi connectivity index (χ3n) is 5.96. The number of fused-ring (bicyclic) bond motifs is 3. The van der Waals surface area contributed by atoms with Crippen molar-refractivity contribution < 1.29 is 9.59 Å². The zero-order chi connectivity index (χ0) is 23.5. The van der Waals surface area contributed by atoms with Crippen molar-refractivity contribution in [2.24, 2.45) is 5.92 Å². The Hall–Kier alpha value is -2.65. The van der Waals surface area contributed by atoms with E-state index in [0.29, 0.717) is 24.0 Å². The maximum absolute atomic E-state index is 13.7. The summed E-state index contributed by atoms with van der Waals surface area (Å²) in [5, 5.41) is 5.33. The standard InChI is InChI=1S/C24H28N4O3S2/c1-14-9-10-17-18(13-14)33-21-19(17)22(30)28(12-11-16-7-5-4-6-8-16)24(27-21)32-15(2)20(29)26-23(31)25-3/h4-8,14-15H,9-13H2,1-3H3,(H2,25,26,29,31). The highest BCUT2D eigenvalue weighted by Gasteiger charge is 2.26. The lowest BCUT2D eigenvalue weighted by Gasteiger charge is -2.18. The largest absolute Gasteiger partial charge is 0.341 e. The summed E-state index contributed by atoms with van der Waals surface area (Å²) < 4.78 is 1.70. The Balaban J connectivity index is 1.72. The summed E-state index contributed by atoms with van der Waals surface area (Å²) >= 11 is 2.81. The Kier molecular flexibility index (Phi) is 7.19. The van der Waals surface area contributed by atoms with Gasteiger partial charge in [0.1, 0.15) is 4.83 Å². The van der Waals surface area contributed by atoms with Gasteiger partial charge in [0.05, 0.1) is 10.6 Å². The van der Waals surface area contributed by atoms with Crippen LogP contribution in [0.5, 0.6) is 0 Å². The number of carbonyl (C=O) groups is 2. The van der Waals surface area contributed by atoms with Gasteiger partial charge in [-0.25, -0.2) is 9.78 Å². The lowest BCUT2D eigenvalue weighted by molar-refractivity contribution is -0.119. The Labute approximate surface area is 201 Å². The number of thioether (sulfide) groups is 1. The van der Waals surface area contributed by atoms with Gasteiger partial charge in [-0.15, -0.1) is 11.3 Å². The molecule has 4 rings (SSSR count). The molecule has 9 heteroatoms. The SMILES string of the molecule is CNC(=O)NC(=O)C(C)Sc1nc2sc3c(c2c(=O)n1CCc1ccccc1)CCC(C)C3. The van der Waals surface area contributed by atoms with Crippen molar-refractivity contribution in [2.45, 2.75) is 56.5 Å². The molecule has 1 aromatic carbocycles. The number of imide groups is 1. The fraction of sp³-hybridized carbons (Fsp3) is 0.417. The number of hydrogen-bond acceptors (Lipinski definition) is 6. The second-order valence-corrected chi connectivity index (χ2v) is 10.8. The van der Waals surface area contributed by atoms with Gasteiger partial charge in [-0.05, 0) is 49.7 Å². The minimum Gasteiger partial charge on any atom is -0.341 e. The van der Waals surface area contributed by atoms with Gasteiger partial charge in [-0.2, -0.15) is 0 Å². The van der Waals surface area contributed by atoms with Crippen molar-refractivity contribution in [3.05, 3.63) is 56.7 Å². The van der Waals surface area contributed by atoms with Crippen LogP contribution in [0.2, 0.25) is 0 Å². The van der Waals surface area contributed by atoms with Crippen LogP contribution >= 0.6 is 23.1 Å². The molecule has 0 bridgehead atoms.